The molecule has 3 aromatic carbocycles. The van der Waals surface area contributed by atoms with Crippen LogP contribution in [0.1, 0.15) is 28.1 Å². The number of hydrogen-bond acceptors (Lipinski definition) is 4. The summed E-state index contributed by atoms with van der Waals surface area (Å²) in [6.45, 7) is 4.51. The van der Waals surface area contributed by atoms with Crippen molar-refractivity contribution in [2.75, 3.05) is 7.11 Å². The highest BCUT2D eigenvalue weighted by Gasteiger charge is 2.14. The molecule has 0 radical (unpaired) electrons. The zero-order chi connectivity index (χ0) is 23.5. The first-order chi connectivity index (χ1) is 15.9. The van der Waals surface area contributed by atoms with Gasteiger partial charge in [0.2, 0.25) is 0 Å². The molecule has 7 heteroatoms. The lowest BCUT2D eigenvalue weighted by atomic mass is 10.1. The van der Waals surface area contributed by atoms with Crippen molar-refractivity contribution in [3.63, 3.8) is 0 Å². The monoisotopic (exact) mass is 565 g/mol. The van der Waals surface area contributed by atoms with E-state index in [0.29, 0.717) is 29.5 Å². The summed E-state index contributed by atoms with van der Waals surface area (Å²) in [6.07, 6.45) is 1.78. The number of ether oxygens (including phenoxy) is 2. The molecule has 0 atom stereocenters. The van der Waals surface area contributed by atoms with E-state index >= 15 is 0 Å². The van der Waals surface area contributed by atoms with Crippen molar-refractivity contribution in [1.29, 1.82) is 5.26 Å². The lowest BCUT2D eigenvalue weighted by Crippen LogP contribution is -1.99. The molecule has 0 aliphatic carbocycles. The molecule has 0 saturated carbocycles. The maximum atomic E-state index is 9.81. The molecule has 1 N–H and O–H groups in total. The van der Waals surface area contributed by atoms with Crippen molar-refractivity contribution in [2.24, 2.45) is 0 Å². The molecule has 0 unspecified atom stereocenters. The van der Waals surface area contributed by atoms with Crippen LogP contribution in [0.3, 0.4) is 0 Å². The number of nitriles is 1. The van der Waals surface area contributed by atoms with Crippen LogP contribution in [-0.2, 0) is 6.61 Å². The summed E-state index contributed by atoms with van der Waals surface area (Å²) in [6, 6.07) is 18.0. The Morgan fingerprint density at radius 1 is 1.09 bits per heavy atom. The Morgan fingerprint density at radius 2 is 1.82 bits per heavy atom. The highest BCUT2D eigenvalue weighted by atomic mass is 79.9. The summed E-state index contributed by atoms with van der Waals surface area (Å²) in [7, 11) is 1.59. The van der Waals surface area contributed by atoms with Crippen LogP contribution in [0.25, 0.3) is 22.7 Å². The fraction of sp³-hybridized carbons (Fsp3) is 0.154. The Kier molecular flexibility index (Phi) is 6.87. The number of halogens is 2. The van der Waals surface area contributed by atoms with Gasteiger partial charge in [0.15, 0.2) is 11.5 Å². The molecule has 0 spiro atoms. The zero-order valence-corrected chi connectivity index (χ0v) is 21.5. The van der Waals surface area contributed by atoms with E-state index in [9.17, 15) is 5.26 Å². The first-order valence-electron chi connectivity index (χ1n) is 10.2. The molecule has 0 fully saturated rings. The molecule has 4 rings (SSSR count). The van der Waals surface area contributed by atoms with Gasteiger partial charge in [-0.1, -0.05) is 28.1 Å². The van der Waals surface area contributed by atoms with Gasteiger partial charge in [0.05, 0.1) is 28.2 Å². The van der Waals surface area contributed by atoms with E-state index in [0.717, 1.165) is 36.7 Å². The molecular weight excluding hydrogens is 546 g/mol. The van der Waals surface area contributed by atoms with Gasteiger partial charge in [-0.25, -0.2) is 4.98 Å². The standard InChI is InChI=1S/C26H21Br2N3O2/c1-15-8-22-23(9-16(15)2)31-26(30-22)19(13-29)10-18-11-21(28)25(24(12-18)32-3)33-14-17-4-6-20(27)7-5-17/h4-12H,14H2,1-3H3,(H,30,31)/b19-10+. The van der Waals surface area contributed by atoms with Gasteiger partial charge in [-0.2, -0.15) is 5.26 Å². The normalized spacial score (nSPS) is 11.5. The highest BCUT2D eigenvalue weighted by Crippen LogP contribution is 2.38. The van der Waals surface area contributed by atoms with Crippen LogP contribution in [0.15, 0.2) is 57.5 Å². The minimum absolute atomic E-state index is 0.401. The minimum atomic E-state index is 0.401. The lowest BCUT2D eigenvalue weighted by molar-refractivity contribution is 0.282. The van der Waals surface area contributed by atoms with E-state index in [1.165, 1.54) is 5.56 Å². The average molecular weight is 567 g/mol. The summed E-state index contributed by atoms with van der Waals surface area (Å²) in [5.74, 6) is 1.70. The molecule has 0 aliphatic heterocycles. The third-order valence-corrected chi connectivity index (χ3v) is 6.45. The average Bonchev–Trinajstić information content (AvgIpc) is 3.20. The summed E-state index contributed by atoms with van der Waals surface area (Å²) in [5.41, 5.74) is 6.34. The number of benzene rings is 3. The van der Waals surface area contributed by atoms with Gasteiger partial charge in [0.1, 0.15) is 18.5 Å². The maximum Gasteiger partial charge on any atom is 0.175 e. The van der Waals surface area contributed by atoms with Gasteiger partial charge >= 0.3 is 0 Å². The van der Waals surface area contributed by atoms with E-state index in [2.05, 4.69) is 54.8 Å². The molecule has 0 bridgehead atoms. The zero-order valence-electron chi connectivity index (χ0n) is 18.4. The second-order valence-corrected chi connectivity index (χ2v) is 9.43. The summed E-state index contributed by atoms with van der Waals surface area (Å²) in [4.78, 5) is 7.88. The van der Waals surface area contributed by atoms with Crippen molar-refractivity contribution in [1.82, 2.24) is 9.97 Å². The predicted octanol–water partition coefficient (Wildman–Crippen LogP) is 7.36. The molecule has 1 heterocycles. The van der Waals surface area contributed by atoms with E-state index < -0.39 is 0 Å². The molecular formula is C26H21Br2N3O2. The van der Waals surface area contributed by atoms with Gasteiger partial charge in [-0.15, -0.1) is 0 Å². The number of fused-ring (bicyclic) bond motifs is 1. The SMILES string of the molecule is COc1cc(/C=C(\C#N)c2nc3cc(C)c(C)cc3[nH]2)cc(Br)c1OCc1ccc(Br)cc1. The Hall–Kier alpha value is -3.08. The third kappa shape index (κ3) is 5.13. The maximum absolute atomic E-state index is 9.81. The molecule has 0 saturated heterocycles. The van der Waals surface area contributed by atoms with Crippen molar-refractivity contribution in [3.8, 4) is 17.6 Å². The van der Waals surface area contributed by atoms with Crippen molar-refractivity contribution in [3.05, 3.63) is 85.6 Å². The second-order valence-electron chi connectivity index (χ2n) is 7.66. The van der Waals surface area contributed by atoms with Gasteiger partial charge in [0, 0.05) is 4.47 Å². The molecule has 5 nitrogen and oxygen atoms in total. The molecule has 33 heavy (non-hydrogen) atoms. The number of methoxy groups -OCH3 is 1. The van der Waals surface area contributed by atoms with E-state index in [-0.39, 0.29) is 0 Å². The predicted molar refractivity (Wildman–Crippen MR) is 138 cm³/mol. The van der Waals surface area contributed by atoms with Gasteiger partial charge in [-0.3, -0.25) is 0 Å². The number of aromatic amines is 1. The van der Waals surface area contributed by atoms with Crippen LogP contribution >= 0.6 is 31.9 Å². The number of aromatic nitrogens is 2. The number of rotatable bonds is 6. The van der Waals surface area contributed by atoms with Crippen LogP contribution in [0.4, 0.5) is 0 Å². The minimum Gasteiger partial charge on any atom is -0.493 e. The number of allylic oxidation sites excluding steroid dienone is 1. The number of H-pyrrole nitrogens is 1. The molecule has 0 amide bonds. The van der Waals surface area contributed by atoms with Crippen LogP contribution in [0.2, 0.25) is 0 Å². The number of nitrogens with zero attached hydrogens (tertiary/aromatic N) is 2. The number of hydrogen-bond donors (Lipinski definition) is 1. The smallest absolute Gasteiger partial charge is 0.175 e. The van der Waals surface area contributed by atoms with Gasteiger partial charge in [0.25, 0.3) is 0 Å². The fourth-order valence-corrected chi connectivity index (χ4v) is 4.26. The third-order valence-electron chi connectivity index (χ3n) is 5.33. The first kappa shape index (κ1) is 23.1. The van der Waals surface area contributed by atoms with Gasteiger partial charge in [-0.05, 0) is 94.5 Å². The quantitative estimate of drug-likeness (QED) is 0.247. The lowest BCUT2D eigenvalue weighted by Gasteiger charge is -2.14. The number of nitrogens with one attached hydrogen (secondary N) is 1. The molecule has 166 valence electrons. The van der Waals surface area contributed by atoms with Crippen LogP contribution in [0.5, 0.6) is 11.5 Å². The Bertz CT molecular complexity index is 1360. The van der Waals surface area contributed by atoms with Crippen molar-refractivity contribution < 1.29 is 9.47 Å². The first-order valence-corrected chi connectivity index (χ1v) is 11.8. The van der Waals surface area contributed by atoms with Crippen molar-refractivity contribution in [2.45, 2.75) is 20.5 Å². The number of imidazole rings is 1. The number of aryl methyl sites for hydroxylation is 2. The molecule has 1 aromatic heterocycles. The summed E-state index contributed by atoms with van der Waals surface area (Å²) in [5, 5.41) is 9.81. The Balaban J connectivity index is 1.64. The Labute approximate surface area is 209 Å². The fourth-order valence-electron chi connectivity index (χ4n) is 3.42. The van der Waals surface area contributed by atoms with Crippen LogP contribution in [0, 0.1) is 25.2 Å². The van der Waals surface area contributed by atoms with Crippen LogP contribution in [-0.4, -0.2) is 17.1 Å². The van der Waals surface area contributed by atoms with E-state index in [1.54, 1.807) is 13.2 Å². The van der Waals surface area contributed by atoms with E-state index in [4.69, 9.17) is 9.47 Å². The molecule has 0 aliphatic rings. The van der Waals surface area contributed by atoms with Crippen molar-refractivity contribution >= 4 is 54.5 Å². The second kappa shape index (κ2) is 9.82. The largest absolute Gasteiger partial charge is 0.493 e. The summed E-state index contributed by atoms with van der Waals surface area (Å²) >= 11 is 7.03. The van der Waals surface area contributed by atoms with Gasteiger partial charge < -0.3 is 14.5 Å². The Morgan fingerprint density at radius 3 is 2.52 bits per heavy atom. The van der Waals surface area contributed by atoms with Crippen LogP contribution < -0.4 is 9.47 Å². The van der Waals surface area contributed by atoms with E-state index in [1.807, 2.05) is 55.5 Å². The summed E-state index contributed by atoms with van der Waals surface area (Å²) < 4.78 is 13.4. The molecule has 4 aromatic rings. The topological polar surface area (TPSA) is 70.9 Å². The highest BCUT2D eigenvalue weighted by molar-refractivity contribution is 9.10.